The molecule has 4 rings (SSSR count). The van der Waals surface area contributed by atoms with Crippen LogP contribution in [-0.2, 0) is 4.79 Å². The van der Waals surface area contributed by atoms with Gasteiger partial charge in [0.05, 0.1) is 23.6 Å². The molecule has 1 aromatic heterocycles. The summed E-state index contributed by atoms with van der Waals surface area (Å²) in [5.41, 5.74) is 2.85. The van der Waals surface area contributed by atoms with Gasteiger partial charge in [0.2, 0.25) is 0 Å². The third kappa shape index (κ3) is 3.87. The van der Waals surface area contributed by atoms with Crippen LogP contribution in [0, 0.1) is 0 Å². The topological polar surface area (TPSA) is 74.8 Å². The number of benzene rings is 2. The number of carbonyl (C=O) groups is 2. The first-order valence-electron chi connectivity index (χ1n) is 10.4. The zero-order valence-electron chi connectivity index (χ0n) is 17.3. The average Bonchev–Trinajstić information content (AvgIpc) is 3.36. The maximum Gasteiger partial charge on any atom is 0.424 e. The molecule has 0 spiro atoms. The molecule has 1 fully saturated rings. The van der Waals surface area contributed by atoms with Gasteiger partial charge in [0.15, 0.2) is 5.16 Å². The molecule has 0 aliphatic carbocycles. The van der Waals surface area contributed by atoms with Gasteiger partial charge < -0.3 is 4.98 Å². The smallest absolute Gasteiger partial charge is 0.333 e. The SMILES string of the molecule is C[C@@H]1CCC[N+]1(C(=O)CSc1nc2ccccc2[nH]1)C(=O)N[C@H](C)c1ccccc1. The molecule has 1 aliphatic heterocycles. The van der Waals surface area contributed by atoms with E-state index in [2.05, 4.69) is 15.3 Å². The van der Waals surface area contributed by atoms with Gasteiger partial charge in [-0.3, -0.25) is 5.32 Å². The largest absolute Gasteiger partial charge is 0.424 e. The number of amides is 3. The molecular formula is C23H27N4O2S+. The van der Waals surface area contributed by atoms with Gasteiger partial charge in [-0.15, -0.1) is 0 Å². The lowest BCUT2D eigenvalue weighted by Crippen LogP contribution is -2.63. The predicted octanol–water partition coefficient (Wildman–Crippen LogP) is 4.65. The number of hydrogen-bond acceptors (Lipinski definition) is 4. The van der Waals surface area contributed by atoms with E-state index < -0.39 is 0 Å². The summed E-state index contributed by atoms with van der Waals surface area (Å²) >= 11 is 1.36. The number of para-hydroxylation sites is 2. The first kappa shape index (κ1) is 20.6. The van der Waals surface area contributed by atoms with Crippen LogP contribution in [0.15, 0.2) is 59.8 Å². The summed E-state index contributed by atoms with van der Waals surface area (Å²) in [4.78, 5) is 34.5. The van der Waals surface area contributed by atoms with Gasteiger partial charge in [0.25, 0.3) is 0 Å². The number of fused-ring (bicyclic) bond motifs is 1. The number of H-pyrrole nitrogens is 1. The van der Waals surface area contributed by atoms with Gasteiger partial charge in [0.1, 0.15) is 11.8 Å². The van der Waals surface area contributed by atoms with E-state index in [9.17, 15) is 9.59 Å². The highest BCUT2D eigenvalue weighted by Crippen LogP contribution is 2.31. The average molecular weight is 424 g/mol. The molecule has 1 aliphatic rings. The quantitative estimate of drug-likeness (QED) is 0.463. The summed E-state index contributed by atoms with van der Waals surface area (Å²) in [6.07, 6.45) is 1.74. The number of carbonyl (C=O) groups excluding carboxylic acids is 2. The van der Waals surface area contributed by atoms with E-state index in [4.69, 9.17) is 0 Å². The van der Waals surface area contributed by atoms with Crippen molar-refractivity contribution >= 4 is 34.7 Å². The Bertz CT molecular complexity index is 1020. The Hall–Kier alpha value is -2.64. The highest BCUT2D eigenvalue weighted by atomic mass is 32.2. The van der Waals surface area contributed by atoms with E-state index in [-0.39, 0.29) is 34.3 Å². The highest BCUT2D eigenvalue weighted by Gasteiger charge is 2.52. The number of imidazole rings is 1. The number of thioether (sulfide) groups is 1. The maximum absolute atomic E-state index is 13.4. The molecule has 6 nitrogen and oxygen atoms in total. The number of urea groups is 1. The van der Waals surface area contributed by atoms with Crippen molar-refractivity contribution in [2.45, 2.75) is 43.9 Å². The second kappa shape index (κ2) is 8.62. The van der Waals surface area contributed by atoms with Crippen LogP contribution in [0.2, 0.25) is 0 Å². The van der Waals surface area contributed by atoms with Crippen LogP contribution in [0.5, 0.6) is 0 Å². The monoisotopic (exact) mass is 423 g/mol. The van der Waals surface area contributed by atoms with Gasteiger partial charge in [-0.2, -0.15) is 4.48 Å². The van der Waals surface area contributed by atoms with Gasteiger partial charge in [-0.1, -0.05) is 54.2 Å². The number of quaternary nitrogens is 1. The van der Waals surface area contributed by atoms with Gasteiger partial charge in [-0.25, -0.2) is 14.6 Å². The van der Waals surface area contributed by atoms with Crippen LogP contribution in [-0.4, -0.2) is 44.7 Å². The minimum atomic E-state index is -0.202. The molecule has 30 heavy (non-hydrogen) atoms. The number of aromatic amines is 1. The molecule has 2 N–H and O–H groups in total. The lowest BCUT2D eigenvalue weighted by Gasteiger charge is -2.33. The Morgan fingerprint density at radius 2 is 1.93 bits per heavy atom. The molecule has 3 amide bonds. The summed E-state index contributed by atoms with van der Waals surface area (Å²) in [7, 11) is 0. The standard InChI is InChI=1S/C23H26N4O2S/c1-16-9-8-14-27(16,23(29)24-17(2)18-10-4-3-5-11-18)21(28)15-30-22-25-19-12-6-7-13-20(19)26-22/h3-7,10-13,16-17H,8-9,14-15H2,1-2H3,(H-,24,25,26,29)/p+1/t16-,17-,27?/m1/s1. The second-order valence-electron chi connectivity index (χ2n) is 7.91. The van der Waals surface area contributed by atoms with E-state index in [0.717, 1.165) is 29.4 Å². The molecule has 2 aromatic carbocycles. The normalized spacial score (nSPS) is 22.1. The Kier molecular flexibility index (Phi) is 5.92. The Labute approximate surface area is 180 Å². The van der Waals surface area contributed by atoms with E-state index in [1.165, 1.54) is 11.8 Å². The molecule has 3 aromatic rings. The summed E-state index contributed by atoms with van der Waals surface area (Å²) in [5, 5.41) is 3.79. The number of aromatic nitrogens is 2. The molecule has 0 saturated carbocycles. The van der Waals surface area contributed by atoms with Crippen molar-refractivity contribution in [3.05, 3.63) is 60.2 Å². The molecule has 2 heterocycles. The van der Waals surface area contributed by atoms with E-state index >= 15 is 0 Å². The minimum absolute atomic E-state index is 0.0308. The molecular weight excluding hydrogens is 396 g/mol. The first-order chi connectivity index (χ1) is 14.5. The van der Waals surface area contributed by atoms with Crippen molar-refractivity contribution in [3.8, 4) is 0 Å². The predicted molar refractivity (Wildman–Crippen MR) is 119 cm³/mol. The lowest BCUT2D eigenvalue weighted by atomic mass is 10.1. The Morgan fingerprint density at radius 3 is 2.63 bits per heavy atom. The van der Waals surface area contributed by atoms with Crippen LogP contribution in [0.4, 0.5) is 4.79 Å². The summed E-state index contributed by atoms with van der Waals surface area (Å²) < 4.78 is -0.135. The van der Waals surface area contributed by atoms with Crippen LogP contribution < -0.4 is 5.32 Å². The Balaban J connectivity index is 1.49. The summed E-state index contributed by atoms with van der Waals surface area (Å²) in [5.74, 6) is 0.139. The van der Waals surface area contributed by atoms with Crippen molar-refractivity contribution in [1.82, 2.24) is 15.3 Å². The van der Waals surface area contributed by atoms with Gasteiger partial charge in [0, 0.05) is 12.8 Å². The van der Waals surface area contributed by atoms with Gasteiger partial charge in [-0.05, 0) is 31.5 Å². The molecule has 156 valence electrons. The number of hydrogen-bond donors (Lipinski definition) is 2. The summed E-state index contributed by atoms with van der Waals surface area (Å²) in [6.45, 7) is 4.51. The molecule has 7 heteroatoms. The fourth-order valence-corrected chi connectivity index (χ4v) is 5.07. The fraction of sp³-hybridized carbons (Fsp3) is 0.348. The van der Waals surface area contributed by atoms with Crippen LogP contribution in [0.1, 0.15) is 38.3 Å². The highest BCUT2D eigenvalue weighted by molar-refractivity contribution is 7.99. The molecule has 3 atom stereocenters. The zero-order chi connectivity index (χ0) is 21.1. The second-order valence-corrected chi connectivity index (χ2v) is 8.87. The third-order valence-electron chi connectivity index (χ3n) is 6.03. The number of nitrogens with zero attached hydrogens (tertiary/aromatic N) is 2. The van der Waals surface area contributed by atoms with Crippen molar-refractivity contribution in [2.24, 2.45) is 0 Å². The molecule has 0 radical (unpaired) electrons. The van der Waals surface area contributed by atoms with Gasteiger partial charge >= 0.3 is 11.9 Å². The number of rotatable bonds is 5. The number of imide groups is 1. The van der Waals surface area contributed by atoms with Crippen molar-refractivity contribution < 1.29 is 14.1 Å². The van der Waals surface area contributed by atoms with E-state index in [1.807, 2.05) is 68.4 Å². The van der Waals surface area contributed by atoms with E-state index in [1.54, 1.807) is 0 Å². The van der Waals surface area contributed by atoms with Crippen LogP contribution in [0.25, 0.3) is 11.0 Å². The van der Waals surface area contributed by atoms with Crippen molar-refractivity contribution in [1.29, 1.82) is 0 Å². The zero-order valence-corrected chi connectivity index (χ0v) is 18.1. The lowest BCUT2D eigenvalue weighted by molar-refractivity contribution is -0.784. The number of nitrogens with one attached hydrogen (secondary N) is 2. The number of likely N-dealkylation sites (tertiary alicyclic amines) is 1. The summed E-state index contributed by atoms with van der Waals surface area (Å²) in [6, 6.07) is 17.2. The van der Waals surface area contributed by atoms with Crippen molar-refractivity contribution in [2.75, 3.05) is 12.3 Å². The van der Waals surface area contributed by atoms with E-state index in [0.29, 0.717) is 11.7 Å². The Morgan fingerprint density at radius 1 is 1.20 bits per heavy atom. The minimum Gasteiger partial charge on any atom is -0.333 e. The molecule has 1 unspecified atom stereocenters. The molecule has 1 saturated heterocycles. The van der Waals surface area contributed by atoms with Crippen molar-refractivity contribution in [3.63, 3.8) is 0 Å². The maximum atomic E-state index is 13.4. The van der Waals surface area contributed by atoms with Crippen LogP contribution in [0.3, 0.4) is 0 Å². The van der Waals surface area contributed by atoms with Crippen LogP contribution >= 0.6 is 11.8 Å². The third-order valence-corrected chi connectivity index (χ3v) is 6.89. The fourth-order valence-electron chi connectivity index (χ4n) is 4.23. The first-order valence-corrected chi connectivity index (χ1v) is 11.3. The molecule has 0 bridgehead atoms.